The van der Waals surface area contributed by atoms with Crippen molar-refractivity contribution in [2.45, 2.75) is 166 Å². The molecular weight excluding hydrogens is 823 g/mol. The van der Waals surface area contributed by atoms with E-state index in [2.05, 4.69) is 44.2 Å². The third kappa shape index (κ3) is 10.9. The zero-order valence-corrected chi connectivity index (χ0v) is 40.0. The normalized spacial score (nSPS) is 34.3. The molecule has 5 aliphatic rings. The van der Waals surface area contributed by atoms with Gasteiger partial charge in [0.2, 0.25) is 0 Å². The van der Waals surface area contributed by atoms with Crippen molar-refractivity contribution in [2.24, 2.45) is 23.7 Å². The number of ether oxygens (including phenoxy) is 8. The maximum Gasteiger partial charge on any atom is 0.306 e. The monoisotopic (exact) mass is 896 g/mol. The predicted molar refractivity (Wildman–Crippen MR) is 242 cm³/mol. The molecule has 0 bridgehead atoms. The standard InChI is InChI=1S/C49H73N3O10S/c1-11-32-18-15-19-40(62-43-21-20-39(52(6)7)30(5)58-43)27(2)46(54)37-24-35-34-22-33(61-48(41(57-10)26-55-8)59-29(4)28(3)56-9)23-38(34)47-45(44(35)36(37)25-42(53)60-32)51-49(63-47)50-31-16-13-12-14-17-31/h12-14,16-17,24,27-30,32-36,38-41,43-44,48H,11,15,18-23,25-26H2,1-10H3,(H,50,51)/t27-,28-,29?,30?,32+,33+,34+,35+,36-,38?,39+,40+,41+,43+,44?,48?/m1/s1. The molecular formula is C49H73N3O10S. The lowest BCUT2D eigenvalue weighted by molar-refractivity contribution is -0.255. The number of nitrogens with one attached hydrogen (secondary N) is 1. The molecule has 16 atom stereocenters. The lowest BCUT2D eigenvalue weighted by atomic mass is 9.67. The maximum atomic E-state index is 15.2. The molecule has 63 heavy (non-hydrogen) atoms. The first-order valence-electron chi connectivity index (χ1n) is 23.4. The van der Waals surface area contributed by atoms with Gasteiger partial charge in [0, 0.05) is 61.6 Å². The Morgan fingerprint density at radius 1 is 0.968 bits per heavy atom. The van der Waals surface area contributed by atoms with Gasteiger partial charge < -0.3 is 48.1 Å². The summed E-state index contributed by atoms with van der Waals surface area (Å²) in [5.41, 5.74) is 2.61. The number of Topliss-reactive ketones (excluding diaryl/α,β-unsaturated/α-hetero) is 1. The zero-order valence-electron chi connectivity index (χ0n) is 39.2. The predicted octanol–water partition coefficient (Wildman–Crippen LogP) is 8.40. The molecule has 1 N–H and O–H groups in total. The summed E-state index contributed by atoms with van der Waals surface area (Å²) in [5, 5.41) is 4.36. The number of anilines is 2. The van der Waals surface area contributed by atoms with Gasteiger partial charge in [0.05, 0.1) is 49.2 Å². The van der Waals surface area contributed by atoms with Crippen LogP contribution >= 0.6 is 11.3 Å². The lowest BCUT2D eigenvalue weighted by Gasteiger charge is -2.40. The number of carbonyl (C=O) groups excluding carboxylic acids is 2. The van der Waals surface area contributed by atoms with Crippen LogP contribution in [0.4, 0.5) is 10.8 Å². The Morgan fingerprint density at radius 3 is 2.43 bits per heavy atom. The number of likely N-dealkylation sites (N-methyl/N-ethyl adjacent to an activating group) is 1. The number of allylic oxidation sites excluding steroid dienone is 2. The van der Waals surface area contributed by atoms with Crippen molar-refractivity contribution < 1.29 is 47.5 Å². The SMILES string of the molecule is CC[C@H]1CCC[C@H](O[C@H]2CC[C@H](N(C)C)C(C)O2)[C@@H](C)C(=O)C2=C[C@@H]3C(c4nc(Nc5ccccc5)sc4C4C[C@@H](OC(OC(C)[C@@H](C)OC)[C@H](COC)OC)C[C@H]43)[C@@H]2CC(=O)O1. The Kier molecular flexibility index (Phi) is 16.6. The van der Waals surface area contributed by atoms with Gasteiger partial charge in [0.1, 0.15) is 12.2 Å². The number of ketones is 1. The fourth-order valence-electron chi connectivity index (χ4n) is 11.0. The van der Waals surface area contributed by atoms with E-state index in [0.717, 1.165) is 55.0 Å². The second kappa shape index (κ2) is 21.7. The van der Waals surface area contributed by atoms with E-state index in [4.69, 9.17) is 42.9 Å². The number of cyclic esters (lactones) is 1. The fraction of sp³-hybridized carbons (Fsp3) is 0.735. The highest BCUT2D eigenvalue weighted by molar-refractivity contribution is 7.15. The summed E-state index contributed by atoms with van der Waals surface area (Å²) in [5.74, 6) is -1.06. The summed E-state index contributed by atoms with van der Waals surface area (Å²) in [6, 6.07) is 10.4. The molecule has 3 aliphatic carbocycles. The van der Waals surface area contributed by atoms with Gasteiger partial charge in [-0.05, 0) is 116 Å². The van der Waals surface area contributed by atoms with E-state index < -0.39 is 24.2 Å². The Hall–Kier alpha value is -2.79. The first kappa shape index (κ1) is 48.2. The molecule has 3 fully saturated rings. The van der Waals surface area contributed by atoms with Crippen molar-refractivity contribution in [1.29, 1.82) is 0 Å². The summed E-state index contributed by atoms with van der Waals surface area (Å²) < 4.78 is 50.1. The van der Waals surface area contributed by atoms with Gasteiger partial charge in [-0.1, -0.05) is 38.1 Å². The van der Waals surface area contributed by atoms with Crippen LogP contribution in [-0.2, 0) is 47.5 Å². The van der Waals surface area contributed by atoms with E-state index in [1.807, 2.05) is 51.1 Å². The Morgan fingerprint density at radius 2 is 1.75 bits per heavy atom. The van der Waals surface area contributed by atoms with Gasteiger partial charge in [-0.15, -0.1) is 11.3 Å². The van der Waals surface area contributed by atoms with Crippen LogP contribution in [0, 0.1) is 23.7 Å². The van der Waals surface area contributed by atoms with Crippen molar-refractivity contribution in [3.8, 4) is 0 Å². The van der Waals surface area contributed by atoms with E-state index in [0.29, 0.717) is 31.1 Å². The van der Waals surface area contributed by atoms with Crippen LogP contribution in [0.5, 0.6) is 0 Å². The smallest absolute Gasteiger partial charge is 0.306 e. The van der Waals surface area contributed by atoms with Gasteiger partial charge >= 0.3 is 5.97 Å². The van der Waals surface area contributed by atoms with Gasteiger partial charge in [-0.2, -0.15) is 0 Å². The highest BCUT2D eigenvalue weighted by Crippen LogP contribution is 2.63. The van der Waals surface area contributed by atoms with Crippen LogP contribution in [0.3, 0.4) is 0 Å². The van der Waals surface area contributed by atoms with E-state index in [-0.39, 0.29) is 84.8 Å². The van der Waals surface area contributed by atoms with Crippen molar-refractivity contribution in [1.82, 2.24) is 9.88 Å². The quantitative estimate of drug-likeness (QED) is 0.128. The van der Waals surface area contributed by atoms with Gasteiger partial charge in [0.25, 0.3) is 0 Å². The summed E-state index contributed by atoms with van der Waals surface area (Å²) in [7, 11) is 9.14. The number of nitrogens with zero attached hydrogens (tertiary/aromatic N) is 2. The Labute approximate surface area is 379 Å². The fourth-order valence-corrected chi connectivity index (χ4v) is 12.2. The number of rotatable bonds is 16. The number of methoxy groups -OCH3 is 3. The number of hydrogen-bond donors (Lipinski definition) is 1. The molecule has 5 unspecified atom stereocenters. The third-order valence-corrected chi connectivity index (χ3v) is 15.8. The Balaban J connectivity index is 1.23. The molecule has 0 radical (unpaired) electrons. The van der Waals surface area contributed by atoms with Crippen molar-refractivity contribution >= 4 is 33.9 Å². The number of thiazole rings is 1. The lowest BCUT2D eigenvalue weighted by Crippen LogP contribution is -2.47. The third-order valence-electron chi connectivity index (χ3n) is 14.7. The van der Waals surface area contributed by atoms with Gasteiger partial charge in [0.15, 0.2) is 23.5 Å². The second-order valence-electron chi connectivity index (χ2n) is 18.8. The molecule has 0 spiro atoms. The molecule has 14 heteroatoms. The molecule has 1 aromatic carbocycles. The van der Waals surface area contributed by atoms with Crippen LogP contribution in [0.2, 0.25) is 0 Å². The topological polar surface area (TPSA) is 136 Å². The molecule has 350 valence electrons. The van der Waals surface area contributed by atoms with Crippen LogP contribution in [0.15, 0.2) is 42.0 Å². The minimum Gasteiger partial charge on any atom is -0.462 e. The van der Waals surface area contributed by atoms with Crippen LogP contribution in [0.25, 0.3) is 0 Å². The van der Waals surface area contributed by atoms with Crippen molar-refractivity contribution in [2.75, 3.05) is 47.3 Å². The van der Waals surface area contributed by atoms with E-state index in [9.17, 15) is 4.79 Å². The molecule has 1 aromatic heterocycles. The molecule has 0 amide bonds. The number of carbonyl (C=O) groups is 2. The highest BCUT2D eigenvalue weighted by atomic mass is 32.1. The van der Waals surface area contributed by atoms with Crippen LogP contribution in [-0.4, -0.2) is 125 Å². The van der Waals surface area contributed by atoms with Crippen LogP contribution < -0.4 is 5.32 Å². The number of esters is 1. The first-order valence-corrected chi connectivity index (χ1v) is 24.3. The number of aromatic nitrogens is 1. The summed E-state index contributed by atoms with van der Waals surface area (Å²) in [6.45, 7) is 10.4. The first-order chi connectivity index (χ1) is 30.3. The summed E-state index contributed by atoms with van der Waals surface area (Å²) in [4.78, 5) is 38.1. The van der Waals surface area contributed by atoms with E-state index >= 15 is 4.79 Å². The number of fused-ring (bicyclic) bond motifs is 8. The summed E-state index contributed by atoms with van der Waals surface area (Å²) in [6.07, 6.45) is 5.68. The molecule has 13 nitrogen and oxygen atoms in total. The van der Waals surface area contributed by atoms with Gasteiger partial charge in [-0.25, -0.2) is 4.98 Å². The molecule has 7 rings (SSSR count). The molecule has 1 saturated carbocycles. The highest BCUT2D eigenvalue weighted by Gasteiger charge is 2.56. The molecule has 2 saturated heterocycles. The zero-order chi connectivity index (χ0) is 44.9. The Bertz CT molecular complexity index is 1840. The van der Waals surface area contributed by atoms with Crippen LogP contribution in [0.1, 0.15) is 115 Å². The summed E-state index contributed by atoms with van der Waals surface area (Å²) >= 11 is 1.67. The molecule has 2 aliphatic heterocycles. The average molecular weight is 896 g/mol. The minimum atomic E-state index is -0.706. The maximum absolute atomic E-state index is 15.2. The number of benzene rings is 1. The molecule has 3 heterocycles. The average Bonchev–Trinajstić information content (AvgIpc) is 3.99. The molecule has 2 aromatic rings. The largest absolute Gasteiger partial charge is 0.462 e. The number of hydrogen-bond acceptors (Lipinski definition) is 14. The van der Waals surface area contributed by atoms with Crippen molar-refractivity contribution in [3.05, 3.63) is 52.6 Å². The van der Waals surface area contributed by atoms with E-state index in [1.165, 1.54) is 4.88 Å². The van der Waals surface area contributed by atoms with Gasteiger partial charge in [-0.3, -0.25) is 9.59 Å². The second-order valence-corrected chi connectivity index (χ2v) is 19.9. The van der Waals surface area contributed by atoms with E-state index in [1.54, 1.807) is 32.7 Å². The number of para-hydroxylation sites is 1. The minimum absolute atomic E-state index is 0.00481. The van der Waals surface area contributed by atoms with Crippen molar-refractivity contribution in [3.63, 3.8) is 0 Å².